The van der Waals surface area contributed by atoms with Gasteiger partial charge in [0, 0.05) is 53.4 Å². The number of carbonyl (C=O) groups excluding carboxylic acids is 1. The number of H-pyrrole nitrogens is 1. The smallest absolute Gasteiger partial charge is 0.293 e. The number of aromatic amines is 1. The molecule has 0 radical (unpaired) electrons. The Balaban J connectivity index is 1.77. The summed E-state index contributed by atoms with van der Waals surface area (Å²) in [4.78, 5) is 25.8. The summed E-state index contributed by atoms with van der Waals surface area (Å²) >= 11 is 0. The van der Waals surface area contributed by atoms with Gasteiger partial charge in [-0.1, -0.05) is 6.07 Å². The van der Waals surface area contributed by atoms with E-state index in [0.29, 0.717) is 22.5 Å². The molecular weight excluding hydrogens is 430 g/mol. The minimum absolute atomic E-state index is 0.114. The number of carbonyl (C=O) groups is 1. The molecule has 0 saturated heterocycles. The molecule has 0 saturated carbocycles. The first-order valence-corrected chi connectivity index (χ1v) is 9.87. The van der Waals surface area contributed by atoms with E-state index >= 15 is 0 Å². The summed E-state index contributed by atoms with van der Waals surface area (Å²) in [7, 11) is 0. The van der Waals surface area contributed by atoms with Crippen LogP contribution in [-0.2, 0) is 4.79 Å². The van der Waals surface area contributed by atoms with E-state index in [4.69, 9.17) is 0 Å². The molecule has 9 heteroatoms. The van der Waals surface area contributed by atoms with Gasteiger partial charge in [0.1, 0.15) is 17.3 Å². The zero-order valence-corrected chi connectivity index (χ0v) is 17.4. The summed E-state index contributed by atoms with van der Waals surface area (Å²) in [6, 6.07) is 16.1. The van der Waals surface area contributed by atoms with Crippen LogP contribution in [-0.4, -0.2) is 15.8 Å². The summed E-state index contributed by atoms with van der Waals surface area (Å²) in [6.07, 6.45) is 1.72. The zero-order valence-electron chi connectivity index (χ0n) is 17.4. The normalized spacial score (nSPS) is 10.6. The second-order valence-corrected chi connectivity index (χ2v) is 7.30. The predicted molar refractivity (Wildman–Crippen MR) is 122 cm³/mol. The first-order valence-electron chi connectivity index (χ1n) is 9.87. The number of nitrogens with one attached hydrogen (secondary N) is 3. The number of anilines is 3. The molecule has 0 fully saturated rings. The van der Waals surface area contributed by atoms with Crippen molar-refractivity contribution in [1.29, 1.82) is 0 Å². The third kappa shape index (κ3) is 4.87. The van der Waals surface area contributed by atoms with E-state index in [1.807, 2.05) is 0 Å². The van der Waals surface area contributed by atoms with E-state index < -0.39 is 16.6 Å². The number of nitro benzene ring substituents is 1. The number of hydrogen-bond donors (Lipinski definition) is 3. The molecule has 1 aromatic heterocycles. The Bertz CT molecular complexity index is 1350. The van der Waals surface area contributed by atoms with Gasteiger partial charge < -0.3 is 15.6 Å². The van der Waals surface area contributed by atoms with Crippen LogP contribution < -0.4 is 10.6 Å². The van der Waals surface area contributed by atoms with Crippen LogP contribution in [0.4, 0.5) is 31.5 Å². The molecule has 0 unspecified atom stereocenters. The van der Waals surface area contributed by atoms with Crippen molar-refractivity contribution in [3.05, 3.63) is 94.7 Å². The monoisotopic (exact) mass is 448 g/mol. The highest BCUT2D eigenvalue weighted by Crippen LogP contribution is 2.35. The van der Waals surface area contributed by atoms with E-state index in [2.05, 4.69) is 15.6 Å². The number of rotatable bonds is 6. The van der Waals surface area contributed by atoms with Crippen LogP contribution in [0.2, 0.25) is 0 Å². The second-order valence-electron chi connectivity index (χ2n) is 7.30. The molecule has 0 bridgehead atoms. The highest BCUT2D eigenvalue weighted by molar-refractivity contribution is 5.91. The van der Waals surface area contributed by atoms with Crippen molar-refractivity contribution < 1.29 is 18.5 Å². The quantitative estimate of drug-likeness (QED) is 0.240. The summed E-state index contributed by atoms with van der Waals surface area (Å²) in [5, 5.41) is 17.3. The summed E-state index contributed by atoms with van der Waals surface area (Å²) in [5.74, 6) is -1.84. The number of nitrogens with zero attached hydrogens (tertiary/aromatic N) is 1. The maximum atomic E-state index is 14.4. The Kier molecular flexibility index (Phi) is 5.86. The van der Waals surface area contributed by atoms with Crippen molar-refractivity contribution in [3.8, 4) is 22.4 Å². The molecule has 33 heavy (non-hydrogen) atoms. The van der Waals surface area contributed by atoms with Gasteiger partial charge in [-0.25, -0.2) is 8.78 Å². The Hall–Kier alpha value is -4.53. The molecule has 1 heterocycles. The van der Waals surface area contributed by atoms with Crippen molar-refractivity contribution >= 4 is 28.7 Å². The Morgan fingerprint density at radius 1 is 0.970 bits per heavy atom. The lowest BCUT2D eigenvalue weighted by atomic mass is 10.0. The first kappa shape index (κ1) is 21.7. The lowest BCUT2D eigenvalue weighted by Crippen LogP contribution is -2.06. The molecule has 0 atom stereocenters. The number of halogens is 2. The molecule has 0 aliphatic carbocycles. The highest BCUT2D eigenvalue weighted by atomic mass is 19.1. The van der Waals surface area contributed by atoms with Gasteiger partial charge in [-0.15, -0.1) is 0 Å². The van der Waals surface area contributed by atoms with Crippen LogP contribution in [0.15, 0.2) is 72.9 Å². The second kappa shape index (κ2) is 8.91. The van der Waals surface area contributed by atoms with E-state index in [0.717, 1.165) is 17.8 Å². The van der Waals surface area contributed by atoms with E-state index in [-0.39, 0.29) is 22.8 Å². The summed E-state index contributed by atoms with van der Waals surface area (Å²) < 4.78 is 27.8. The van der Waals surface area contributed by atoms with E-state index in [1.54, 1.807) is 42.6 Å². The fraction of sp³-hybridized carbons (Fsp3) is 0.0417. The van der Waals surface area contributed by atoms with Gasteiger partial charge in [-0.2, -0.15) is 0 Å². The van der Waals surface area contributed by atoms with Crippen LogP contribution in [0.25, 0.3) is 22.4 Å². The van der Waals surface area contributed by atoms with Crippen LogP contribution in [0, 0.1) is 21.7 Å². The average molecular weight is 448 g/mol. The third-order valence-corrected chi connectivity index (χ3v) is 4.88. The lowest BCUT2D eigenvalue weighted by Gasteiger charge is -2.14. The number of amides is 1. The number of aromatic nitrogens is 1. The summed E-state index contributed by atoms with van der Waals surface area (Å²) in [5.41, 5.74) is 2.59. The fourth-order valence-electron chi connectivity index (χ4n) is 3.48. The maximum absolute atomic E-state index is 14.4. The minimum atomic E-state index is -0.776. The van der Waals surface area contributed by atoms with Gasteiger partial charge in [0.2, 0.25) is 5.91 Å². The molecule has 3 aromatic carbocycles. The highest BCUT2D eigenvalue weighted by Gasteiger charge is 2.17. The molecule has 1 amide bonds. The third-order valence-electron chi connectivity index (χ3n) is 4.88. The van der Waals surface area contributed by atoms with Crippen molar-refractivity contribution in [2.24, 2.45) is 0 Å². The topological polar surface area (TPSA) is 100 Å². The average Bonchev–Trinajstić information content (AvgIpc) is 3.28. The largest absolute Gasteiger partial charge is 0.361 e. The Morgan fingerprint density at radius 3 is 2.42 bits per heavy atom. The SMILES string of the molecule is CC(=O)Nc1cc(Nc2ccc(-c3ccc[nH]3)cc2[N+](=O)[O-])cc(-c2ccc(F)cc2F)c1. The Morgan fingerprint density at radius 2 is 1.76 bits per heavy atom. The predicted octanol–water partition coefficient (Wildman–Crippen LogP) is 6.24. The standard InChI is InChI=1S/C24H18F2N4O3/c1-14(31)28-18-9-16(20-6-5-17(25)12-21(20)26)10-19(13-18)29-23-7-4-15(11-24(23)30(32)33)22-3-2-8-27-22/h2-13,27,29H,1H3,(H,28,31). The minimum Gasteiger partial charge on any atom is -0.361 e. The molecule has 0 spiro atoms. The molecule has 166 valence electrons. The van der Waals surface area contributed by atoms with E-state index in [9.17, 15) is 23.7 Å². The summed E-state index contributed by atoms with van der Waals surface area (Å²) in [6.45, 7) is 1.32. The number of benzene rings is 3. The van der Waals surface area contributed by atoms with Gasteiger partial charge in [0.25, 0.3) is 5.69 Å². The van der Waals surface area contributed by atoms with Crippen LogP contribution in [0.1, 0.15) is 6.92 Å². The number of nitro groups is 1. The van der Waals surface area contributed by atoms with Crippen LogP contribution in [0.3, 0.4) is 0 Å². The molecule has 4 rings (SSSR count). The molecule has 4 aromatic rings. The molecule has 0 aliphatic rings. The van der Waals surface area contributed by atoms with Gasteiger partial charge in [-0.3, -0.25) is 14.9 Å². The zero-order chi connectivity index (χ0) is 23.5. The maximum Gasteiger partial charge on any atom is 0.293 e. The van der Waals surface area contributed by atoms with Crippen LogP contribution in [0.5, 0.6) is 0 Å². The van der Waals surface area contributed by atoms with Crippen molar-refractivity contribution in [3.63, 3.8) is 0 Å². The van der Waals surface area contributed by atoms with Crippen LogP contribution >= 0.6 is 0 Å². The van der Waals surface area contributed by atoms with Crippen molar-refractivity contribution in [1.82, 2.24) is 4.98 Å². The van der Waals surface area contributed by atoms with Crippen molar-refractivity contribution in [2.45, 2.75) is 6.92 Å². The number of hydrogen-bond acceptors (Lipinski definition) is 4. The van der Waals surface area contributed by atoms with Gasteiger partial charge in [0.15, 0.2) is 0 Å². The van der Waals surface area contributed by atoms with Gasteiger partial charge in [0.05, 0.1) is 4.92 Å². The fourth-order valence-corrected chi connectivity index (χ4v) is 3.48. The first-order chi connectivity index (χ1) is 15.8. The molecular formula is C24H18F2N4O3. The molecule has 7 nitrogen and oxygen atoms in total. The van der Waals surface area contributed by atoms with Crippen molar-refractivity contribution in [2.75, 3.05) is 10.6 Å². The molecule has 0 aliphatic heterocycles. The van der Waals surface area contributed by atoms with E-state index in [1.165, 1.54) is 25.1 Å². The van der Waals surface area contributed by atoms with Gasteiger partial charge >= 0.3 is 0 Å². The lowest BCUT2D eigenvalue weighted by molar-refractivity contribution is -0.383. The van der Waals surface area contributed by atoms with Gasteiger partial charge in [-0.05, 0) is 54.1 Å². The Labute approximate surface area is 187 Å². The molecule has 3 N–H and O–H groups in total.